The van der Waals surface area contributed by atoms with Crippen LogP contribution in [0.15, 0.2) is 47.4 Å². The van der Waals surface area contributed by atoms with Gasteiger partial charge in [0, 0.05) is 17.1 Å². The summed E-state index contributed by atoms with van der Waals surface area (Å²) >= 11 is 1.59. The second kappa shape index (κ2) is 6.96. The molecule has 2 rings (SSSR count). The Morgan fingerprint density at radius 2 is 1.85 bits per heavy atom. The lowest BCUT2D eigenvalue weighted by Crippen LogP contribution is -2.29. The lowest BCUT2D eigenvalue weighted by molar-refractivity contribution is -0.137. The molecule has 0 aliphatic carbocycles. The van der Waals surface area contributed by atoms with Gasteiger partial charge < -0.3 is 10.4 Å². The highest BCUT2D eigenvalue weighted by Crippen LogP contribution is 2.23. The highest BCUT2D eigenvalue weighted by molar-refractivity contribution is 7.99. The first-order valence-electron chi connectivity index (χ1n) is 6.25. The van der Waals surface area contributed by atoms with E-state index >= 15 is 0 Å². The van der Waals surface area contributed by atoms with Crippen LogP contribution in [-0.2, 0) is 9.59 Å². The SMILES string of the molecule is O=C(O)CNC(=O)CCSc1ccc2ccccc2c1. The van der Waals surface area contributed by atoms with E-state index in [2.05, 4.69) is 29.6 Å². The van der Waals surface area contributed by atoms with Crippen LogP contribution in [0.4, 0.5) is 0 Å². The predicted molar refractivity (Wildman–Crippen MR) is 79.9 cm³/mol. The lowest BCUT2D eigenvalue weighted by atomic mass is 10.1. The van der Waals surface area contributed by atoms with Crippen molar-refractivity contribution in [1.29, 1.82) is 0 Å². The number of thioether (sulfide) groups is 1. The molecular weight excluding hydrogens is 274 g/mol. The Bertz CT molecular complexity index is 627. The molecular formula is C15H15NO3S. The number of rotatable bonds is 6. The average Bonchev–Trinajstić information content (AvgIpc) is 2.45. The number of amides is 1. The Morgan fingerprint density at radius 3 is 2.60 bits per heavy atom. The fourth-order valence-electron chi connectivity index (χ4n) is 1.78. The van der Waals surface area contributed by atoms with Gasteiger partial charge in [-0.25, -0.2) is 0 Å². The number of carbonyl (C=O) groups is 2. The molecule has 0 saturated heterocycles. The molecule has 0 saturated carbocycles. The lowest BCUT2D eigenvalue weighted by Gasteiger charge is -2.04. The summed E-state index contributed by atoms with van der Waals surface area (Å²) in [6.45, 7) is -0.320. The third-order valence-electron chi connectivity index (χ3n) is 2.76. The Morgan fingerprint density at radius 1 is 1.10 bits per heavy atom. The topological polar surface area (TPSA) is 66.4 Å². The van der Waals surface area contributed by atoms with Gasteiger partial charge in [-0.2, -0.15) is 0 Å². The standard InChI is InChI=1S/C15H15NO3S/c17-14(16-10-15(18)19)7-8-20-13-6-5-11-3-1-2-4-12(11)9-13/h1-6,9H,7-8,10H2,(H,16,17)(H,18,19). The van der Waals surface area contributed by atoms with Gasteiger partial charge in [-0.1, -0.05) is 30.3 Å². The van der Waals surface area contributed by atoms with E-state index in [-0.39, 0.29) is 12.5 Å². The van der Waals surface area contributed by atoms with Crippen molar-refractivity contribution in [2.45, 2.75) is 11.3 Å². The van der Waals surface area contributed by atoms with Crippen LogP contribution in [0.5, 0.6) is 0 Å². The molecule has 5 heteroatoms. The second-order valence-electron chi connectivity index (χ2n) is 4.28. The Hall–Kier alpha value is -2.01. The zero-order valence-corrected chi connectivity index (χ0v) is 11.7. The van der Waals surface area contributed by atoms with Crippen LogP contribution in [-0.4, -0.2) is 29.3 Å². The molecule has 4 nitrogen and oxygen atoms in total. The summed E-state index contributed by atoms with van der Waals surface area (Å²) < 4.78 is 0. The number of carboxylic acid groups (broad SMARTS) is 1. The molecule has 0 aromatic heterocycles. The Balaban J connectivity index is 1.83. The molecule has 2 aromatic carbocycles. The van der Waals surface area contributed by atoms with Crippen molar-refractivity contribution in [2.75, 3.05) is 12.3 Å². The maximum Gasteiger partial charge on any atom is 0.322 e. The van der Waals surface area contributed by atoms with Gasteiger partial charge in [-0.3, -0.25) is 9.59 Å². The van der Waals surface area contributed by atoms with Crippen LogP contribution in [0.25, 0.3) is 10.8 Å². The number of carbonyl (C=O) groups excluding carboxylic acids is 1. The third-order valence-corrected chi connectivity index (χ3v) is 3.75. The summed E-state index contributed by atoms with van der Waals surface area (Å²) in [4.78, 5) is 22.8. The van der Waals surface area contributed by atoms with Crippen LogP contribution in [0.2, 0.25) is 0 Å². The minimum atomic E-state index is -1.03. The zero-order valence-electron chi connectivity index (χ0n) is 10.8. The fraction of sp³-hybridized carbons (Fsp3) is 0.200. The molecule has 0 radical (unpaired) electrons. The first kappa shape index (κ1) is 14.4. The van der Waals surface area contributed by atoms with E-state index in [9.17, 15) is 9.59 Å². The smallest absolute Gasteiger partial charge is 0.322 e. The van der Waals surface area contributed by atoms with Crippen LogP contribution in [0, 0.1) is 0 Å². The van der Waals surface area contributed by atoms with Crippen LogP contribution >= 0.6 is 11.8 Å². The summed E-state index contributed by atoms with van der Waals surface area (Å²) in [7, 11) is 0. The highest BCUT2D eigenvalue weighted by Gasteiger charge is 2.04. The zero-order chi connectivity index (χ0) is 14.4. The van der Waals surface area contributed by atoms with Gasteiger partial charge in [0.15, 0.2) is 0 Å². The third kappa shape index (κ3) is 4.28. The second-order valence-corrected chi connectivity index (χ2v) is 5.45. The number of fused-ring (bicyclic) bond motifs is 1. The number of hydrogen-bond donors (Lipinski definition) is 2. The molecule has 0 bridgehead atoms. The van der Waals surface area contributed by atoms with Crippen LogP contribution in [0.1, 0.15) is 6.42 Å². The molecule has 0 heterocycles. The quantitative estimate of drug-likeness (QED) is 0.802. The molecule has 104 valence electrons. The summed E-state index contributed by atoms with van der Waals surface area (Å²) in [6, 6.07) is 14.3. The highest BCUT2D eigenvalue weighted by atomic mass is 32.2. The van der Waals surface area contributed by atoms with Crippen molar-refractivity contribution in [1.82, 2.24) is 5.32 Å². The molecule has 2 aromatic rings. The van der Waals surface area contributed by atoms with Crippen molar-refractivity contribution in [2.24, 2.45) is 0 Å². The van der Waals surface area contributed by atoms with Crippen molar-refractivity contribution >= 4 is 34.4 Å². The molecule has 2 N–H and O–H groups in total. The minimum Gasteiger partial charge on any atom is -0.480 e. The molecule has 0 atom stereocenters. The van der Waals surface area contributed by atoms with Gasteiger partial charge in [0.25, 0.3) is 0 Å². The summed E-state index contributed by atoms with van der Waals surface area (Å²) in [5.41, 5.74) is 0. The van der Waals surface area contributed by atoms with E-state index in [0.717, 1.165) is 4.90 Å². The largest absolute Gasteiger partial charge is 0.480 e. The van der Waals surface area contributed by atoms with Crippen molar-refractivity contribution < 1.29 is 14.7 Å². The van der Waals surface area contributed by atoms with E-state index < -0.39 is 5.97 Å². The summed E-state index contributed by atoms with van der Waals surface area (Å²) in [5, 5.41) is 13.2. The van der Waals surface area contributed by atoms with Gasteiger partial charge in [0.1, 0.15) is 6.54 Å². The molecule has 20 heavy (non-hydrogen) atoms. The molecule has 0 unspecified atom stereocenters. The van der Waals surface area contributed by atoms with E-state index in [1.54, 1.807) is 11.8 Å². The molecule has 1 amide bonds. The van der Waals surface area contributed by atoms with Crippen LogP contribution < -0.4 is 5.32 Å². The minimum absolute atomic E-state index is 0.235. The number of aliphatic carboxylic acids is 1. The van der Waals surface area contributed by atoms with Crippen LogP contribution in [0.3, 0.4) is 0 Å². The van der Waals surface area contributed by atoms with Gasteiger partial charge in [0.05, 0.1) is 0 Å². The normalized spacial score (nSPS) is 10.4. The van der Waals surface area contributed by atoms with Gasteiger partial charge in [-0.15, -0.1) is 11.8 Å². The monoisotopic (exact) mass is 289 g/mol. The molecule has 0 spiro atoms. The first-order chi connectivity index (χ1) is 9.65. The molecule has 0 fully saturated rings. The number of nitrogens with one attached hydrogen (secondary N) is 1. The van der Waals surface area contributed by atoms with E-state index in [1.165, 1.54) is 10.8 Å². The van der Waals surface area contributed by atoms with E-state index in [4.69, 9.17) is 5.11 Å². The molecule has 0 aliphatic heterocycles. The van der Waals surface area contributed by atoms with Crippen molar-refractivity contribution in [3.05, 3.63) is 42.5 Å². The number of benzene rings is 2. The average molecular weight is 289 g/mol. The van der Waals surface area contributed by atoms with Crippen molar-refractivity contribution in [3.8, 4) is 0 Å². The predicted octanol–water partition coefficient (Wildman–Crippen LogP) is 2.52. The maximum atomic E-state index is 11.4. The summed E-state index contributed by atoms with van der Waals surface area (Å²) in [5.74, 6) is -0.634. The summed E-state index contributed by atoms with van der Waals surface area (Å²) in [6.07, 6.45) is 0.310. The Kier molecular flexibility index (Phi) is 5.01. The fourth-order valence-corrected chi connectivity index (χ4v) is 2.68. The maximum absolute atomic E-state index is 11.4. The van der Waals surface area contributed by atoms with Gasteiger partial charge in [0.2, 0.25) is 5.91 Å². The van der Waals surface area contributed by atoms with E-state index in [0.29, 0.717) is 12.2 Å². The van der Waals surface area contributed by atoms with Crippen molar-refractivity contribution in [3.63, 3.8) is 0 Å². The van der Waals surface area contributed by atoms with E-state index in [1.807, 2.05) is 18.2 Å². The number of hydrogen-bond acceptors (Lipinski definition) is 3. The Labute approximate surface area is 121 Å². The first-order valence-corrected chi connectivity index (χ1v) is 7.24. The number of carboxylic acids is 1. The molecule has 0 aliphatic rings. The van der Waals surface area contributed by atoms with Gasteiger partial charge in [-0.05, 0) is 22.9 Å². The van der Waals surface area contributed by atoms with Gasteiger partial charge >= 0.3 is 5.97 Å².